The highest BCUT2D eigenvalue weighted by Gasteiger charge is 2.07. The van der Waals surface area contributed by atoms with E-state index in [1.165, 1.54) is 37.6 Å². The molecule has 0 saturated carbocycles. The highest BCUT2D eigenvalue weighted by atomic mass is 16.5. The number of nitrogens with zero attached hydrogens (tertiary/aromatic N) is 2. The maximum absolute atomic E-state index is 11.4. The van der Waals surface area contributed by atoms with Crippen LogP contribution in [-0.2, 0) is 0 Å². The van der Waals surface area contributed by atoms with E-state index in [1.807, 2.05) is 12.1 Å². The van der Waals surface area contributed by atoms with Gasteiger partial charge in [-0.1, -0.05) is 25.0 Å². The first kappa shape index (κ1) is 18.9. The van der Waals surface area contributed by atoms with Crippen molar-refractivity contribution in [2.45, 2.75) is 38.5 Å². The fraction of sp³-hybridized carbons (Fsp3) is 0.450. The number of nitrogen functional groups attached to an aromatic ring is 1. The van der Waals surface area contributed by atoms with E-state index in [0.717, 1.165) is 30.7 Å². The van der Waals surface area contributed by atoms with Gasteiger partial charge in [-0.25, -0.2) is 4.98 Å². The maximum Gasteiger partial charge on any atom is 0.275 e. The maximum atomic E-state index is 11.4. The van der Waals surface area contributed by atoms with E-state index >= 15 is 0 Å². The Hall–Kier alpha value is -2.83. The summed E-state index contributed by atoms with van der Waals surface area (Å²) >= 11 is 0. The zero-order chi connectivity index (χ0) is 18.9. The summed E-state index contributed by atoms with van der Waals surface area (Å²) in [5, 5.41) is 3.05. The standard InChI is InChI=1S/C20H27N5O2/c21-17-14-24-20(25-19(17)26)23-11-6-12-27-16-8-5-7-15(13-16)18-9-3-1-2-4-10-22-18/h5,7-8,13-14H,1-4,6,9-12,21H2,(H2,23,24,25,26). The third-order valence-corrected chi connectivity index (χ3v) is 4.50. The predicted molar refractivity (Wildman–Crippen MR) is 109 cm³/mol. The van der Waals surface area contributed by atoms with E-state index in [-0.39, 0.29) is 11.2 Å². The molecule has 1 aromatic carbocycles. The number of hydrogen-bond donors (Lipinski definition) is 3. The molecule has 2 heterocycles. The zero-order valence-corrected chi connectivity index (χ0v) is 15.5. The van der Waals surface area contributed by atoms with Crippen molar-refractivity contribution in [3.05, 3.63) is 46.4 Å². The molecule has 0 aliphatic carbocycles. The van der Waals surface area contributed by atoms with Crippen LogP contribution in [0, 0.1) is 0 Å². The van der Waals surface area contributed by atoms with Crippen molar-refractivity contribution in [1.29, 1.82) is 0 Å². The molecule has 0 bridgehead atoms. The molecule has 1 aliphatic heterocycles. The van der Waals surface area contributed by atoms with Crippen LogP contribution in [0.3, 0.4) is 0 Å². The van der Waals surface area contributed by atoms with Crippen LogP contribution >= 0.6 is 0 Å². The van der Waals surface area contributed by atoms with Gasteiger partial charge in [0.25, 0.3) is 5.56 Å². The number of nitrogens with two attached hydrogens (primary N) is 1. The first-order valence-corrected chi connectivity index (χ1v) is 9.57. The number of benzene rings is 1. The second kappa shape index (κ2) is 9.75. The molecule has 7 heteroatoms. The highest BCUT2D eigenvalue weighted by molar-refractivity contribution is 6.00. The van der Waals surface area contributed by atoms with E-state index in [1.54, 1.807) is 0 Å². The smallest absolute Gasteiger partial charge is 0.275 e. The molecule has 0 amide bonds. The Labute approximate surface area is 159 Å². The number of aromatic nitrogens is 2. The van der Waals surface area contributed by atoms with Crippen molar-refractivity contribution in [2.24, 2.45) is 4.99 Å². The largest absolute Gasteiger partial charge is 0.494 e. The Balaban J connectivity index is 1.47. The molecule has 0 radical (unpaired) electrons. The average molecular weight is 369 g/mol. The molecule has 1 aliphatic rings. The van der Waals surface area contributed by atoms with E-state index < -0.39 is 0 Å². The molecular weight excluding hydrogens is 342 g/mol. The van der Waals surface area contributed by atoms with Gasteiger partial charge in [0.15, 0.2) is 0 Å². The minimum Gasteiger partial charge on any atom is -0.494 e. The van der Waals surface area contributed by atoms with Gasteiger partial charge in [0.05, 0.1) is 12.8 Å². The quantitative estimate of drug-likeness (QED) is 0.651. The van der Waals surface area contributed by atoms with Crippen LogP contribution in [0.4, 0.5) is 11.6 Å². The number of anilines is 2. The summed E-state index contributed by atoms with van der Waals surface area (Å²) in [6.07, 6.45) is 8.13. The molecule has 0 saturated heterocycles. The van der Waals surface area contributed by atoms with Gasteiger partial charge in [-0.2, -0.15) is 0 Å². The number of ether oxygens (including phenoxy) is 1. The molecule has 0 atom stereocenters. The van der Waals surface area contributed by atoms with Gasteiger partial charge in [0.1, 0.15) is 11.4 Å². The van der Waals surface area contributed by atoms with Crippen LogP contribution in [0.5, 0.6) is 5.75 Å². The van der Waals surface area contributed by atoms with Crippen molar-refractivity contribution in [2.75, 3.05) is 30.7 Å². The van der Waals surface area contributed by atoms with Crippen molar-refractivity contribution >= 4 is 17.3 Å². The number of hydrogen-bond acceptors (Lipinski definition) is 6. The van der Waals surface area contributed by atoms with Crippen LogP contribution in [0.25, 0.3) is 0 Å². The lowest BCUT2D eigenvalue weighted by molar-refractivity contribution is 0.315. The number of aromatic amines is 1. The fourth-order valence-electron chi connectivity index (χ4n) is 3.02. The predicted octanol–water partition coefficient (Wildman–Crippen LogP) is 2.99. The Bertz CT molecular complexity index is 831. The molecule has 4 N–H and O–H groups in total. The van der Waals surface area contributed by atoms with Gasteiger partial charge in [-0.3, -0.25) is 14.8 Å². The molecular formula is C20H27N5O2. The highest BCUT2D eigenvalue weighted by Crippen LogP contribution is 2.19. The van der Waals surface area contributed by atoms with Gasteiger partial charge in [0.2, 0.25) is 5.95 Å². The van der Waals surface area contributed by atoms with Crippen LogP contribution in [0.1, 0.15) is 44.1 Å². The topological polar surface area (TPSA) is 105 Å². The Morgan fingerprint density at radius 3 is 3.00 bits per heavy atom. The third kappa shape index (κ3) is 5.84. The minimum absolute atomic E-state index is 0.109. The van der Waals surface area contributed by atoms with E-state index in [9.17, 15) is 4.79 Å². The Morgan fingerprint density at radius 1 is 1.22 bits per heavy atom. The van der Waals surface area contributed by atoms with Gasteiger partial charge >= 0.3 is 0 Å². The average Bonchev–Trinajstić information content (AvgIpc) is 2.64. The summed E-state index contributed by atoms with van der Waals surface area (Å²) in [6, 6.07) is 8.18. The first-order chi connectivity index (χ1) is 13.2. The molecule has 0 unspecified atom stereocenters. The molecule has 3 rings (SSSR count). The summed E-state index contributed by atoms with van der Waals surface area (Å²) in [5.74, 6) is 1.27. The van der Waals surface area contributed by atoms with Gasteiger partial charge in [-0.05, 0) is 43.4 Å². The number of nitrogens with one attached hydrogen (secondary N) is 2. The van der Waals surface area contributed by atoms with Crippen LogP contribution in [0.2, 0.25) is 0 Å². The van der Waals surface area contributed by atoms with Crippen molar-refractivity contribution < 1.29 is 4.74 Å². The number of rotatable bonds is 7. The third-order valence-electron chi connectivity index (χ3n) is 4.50. The lowest BCUT2D eigenvalue weighted by Gasteiger charge is -2.12. The van der Waals surface area contributed by atoms with Crippen molar-refractivity contribution in [1.82, 2.24) is 9.97 Å². The number of H-pyrrole nitrogens is 1. The first-order valence-electron chi connectivity index (χ1n) is 9.57. The summed E-state index contributed by atoms with van der Waals surface area (Å²) in [5.41, 5.74) is 7.58. The molecule has 0 fully saturated rings. The normalized spacial score (nSPS) is 14.7. The van der Waals surface area contributed by atoms with Gasteiger partial charge in [0, 0.05) is 18.8 Å². The van der Waals surface area contributed by atoms with Crippen molar-refractivity contribution in [3.63, 3.8) is 0 Å². The zero-order valence-electron chi connectivity index (χ0n) is 15.5. The van der Waals surface area contributed by atoms with Crippen molar-refractivity contribution in [3.8, 4) is 5.75 Å². The number of aliphatic imine (C=N–C) groups is 1. The second-order valence-electron chi connectivity index (χ2n) is 6.67. The lowest BCUT2D eigenvalue weighted by atomic mass is 10.0. The summed E-state index contributed by atoms with van der Waals surface area (Å²) in [4.78, 5) is 22.8. The Morgan fingerprint density at radius 2 is 2.11 bits per heavy atom. The molecule has 144 valence electrons. The lowest BCUT2D eigenvalue weighted by Crippen LogP contribution is -2.17. The van der Waals surface area contributed by atoms with Gasteiger partial charge in [-0.15, -0.1) is 0 Å². The molecule has 7 nitrogen and oxygen atoms in total. The van der Waals surface area contributed by atoms with E-state index in [0.29, 0.717) is 19.1 Å². The van der Waals surface area contributed by atoms with E-state index in [4.69, 9.17) is 15.5 Å². The van der Waals surface area contributed by atoms with Gasteiger partial charge < -0.3 is 15.8 Å². The van der Waals surface area contributed by atoms with E-state index in [2.05, 4.69) is 27.4 Å². The summed E-state index contributed by atoms with van der Waals surface area (Å²) in [7, 11) is 0. The fourth-order valence-corrected chi connectivity index (χ4v) is 3.02. The summed E-state index contributed by atoms with van der Waals surface area (Å²) in [6.45, 7) is 2.13. The molecule has 27 heavy (non-hydrogen) atoms. The summed E-state index contributed by atoms with van der Waals surface area (Å²) < 4.78 is 5.87. The van der Waals surface area contributed by atoms with Crippen LogP contribution < -0.4 is 21.3 Å². The second-order valence-corrected chi connectivity index (χ2v) is 6.67. The SMILES string of the molecule is Nc1cnc(NCCCOc2cccc(C3=NCCCCCC3)c2)[nH]c1=O. The minimum atomic E-state index is -0.335. The molecule has 0 spiro atoms. The Kier molecular flexibility index (Phi) is 6.84. The van der Waals surface area contributed by atoms with Crippen LogP contribution in [-0.4, -0.2) is 35.4 Å². The van der Waals surface area contributed by atoms with Crippen LogP contribution in [0.15, 0.2) is 40.2 Å². The monoisotopic (exact) mass is 369 g/mol. The molecule has 2 aromatic rings. The molecule has 1 aromatic heterocycles.